The fourth-order valence-electron chi connectivity index (χ4n) is 2.68. The van der Waals surface area contributed by atoms with Crippen LogP contribution in [0.15, 0.2) is 47.4 Å². The van der Waals surface area contributed by atoms with Gasteiger partial charge < -0.3 is 10.2 Å². The summed E-state index contributed by atoms with van der Waals surface area (Å²) in [4.78, 5) is 28.2. The highest BCUT2D eigenvalue weighted by Gasteiger charge is 2.26. The topological polar surface area (TPSA) is 49.4 Å². The summed E-state index contributed by atoms with van der Waals surface area (Å²) in [6, 6.07) is 12.6. The van der Waals surface area contributed by atoms with Crippen LogP contribution in [0.5, 0.6) is 0 Å². The van der Waals surface area contributed by atoms with Crippen molar-refractivity contribution >= 4 is 46.8 Å². The van der Waals surface area contributed by atoms with E-state index in [-0.39, 0.29) is 30.2 Å². The molecule has 0 aliphatic heterocycles. The third-order valence-electron chi connectivity index (χ3n) is 4.32. The zero-order chi connectivity index (χ0) is 21.6. The Hall–Kier alpha value is -1.69. The molecule has 0 spiro atoms. The largest absolute Gasteiger partial charge is 0.352 e. The van der Waals surface area contributed by atoms with Gasteiger partial charge in [-0.1, -0.05) is 47.0 Å². The van der Waals surface area contributed by atoms with Crippen molar-refractivity contribution in [2.75, 3.05) is 5.75 Å². The molecule has 0 fully saturated rings. The summed E-state index contributed by atoms with van der Waals surface area (Å²) in [6.45, 7) is 7.82. The molecule has 0 saturated heterocycles. The summed E-state index contributed by atoms with van der Waals surface area (Å²) in [7, 11) is 0. The van der Waals surface area contributed by atoms with Gasteiger partial charge in [0.15, 0.2) is 0 Å². The van der Waals surface area contributed by atoms with E-state index in [1.54, 1.807) is 24.0 Å². The third-order valence-corrected chi connectivity index (χ3v) is 6.05. The van der Waals surface area contributed by atoms with Gasteiger partial charge in [-0.2, -0.15) is 0 Å². The molecule has 0 unspecified atom stereocenters. The maximum absolute atomic E-state index is 13.0. The van der Waals surface area contributed by atoms with Crippen molar-refractivity contribution in [3.8, 4) is 0 Å². The van der Waals surface area contributed by atoms with Crippen LogP contribution in [0, 0.1) is 6.92 Å². The van der Waals surface area contributed by atoms with Crippen LogP contribution in [0.25, 0.3) is 0 Å². The van der Waals surface area contributed by atoms with Gasteiger partial charge in [-0.15, -0.1) is 11.8 Å². The van der Waals surface area contributed by atoms with E-state index in [0.717, 1.165) is 10.5 Å². The third kappa shape index (κ3) is 7.25. The molecular weight excluding hydrogens is 427 g/mol. The van der Waals surface area contributed by atoms with Gasteiger partial charge in [-0.25, -0.2) is 0 Å². The molecule has 29 heavy (non-hydrogen) atoms. The first-order valence-electron chi connectivity index (χ1n) is 9.40. The van der Waals surface area contributed by atoms with E-state index in [4.69, 9.17) is 23.2 Å². The second kappa shape index (κ2) is 10.9. The number of nitrogens with one attached hydrogen (secondary N) is 1. The number of halogens is 2. The number of hydrogen-bond acceptors (Lipinski definition) is 3. The first kappa shape index (κ1) is 23.6. The predicted molar refractivity (Wildman–Crippen MR) is 122 cm³/mol. The molecule has 156 valence electrons. The van der Waals surface area contributed by atoms with Crippen molar-refractivity contribution in [3.05, 3.63) is 63.6 Å². The van der Waals surface area contributed by atoms with Crippen LogP contribution in [-0.4, -0.2) is 34.6 Å². The number of nitrogens with zero attached hydrogens (tertiary/aromatic N) is 1. The highest BCUT2D eigenvalue weighted by molar-refractivity contribution is 8.00. The fourth-order valence-corrected chi connectivity index (χ4v) is 3.79. The molecule has 0 bridgehead atoms. The van der Waals surface area contributed by atoms with E-state index in [2.05, 4.69) is 5.32 Å². The van der Waals surface area contributed by atoms with Gasteiger partial charge in [-0.05, 0) is 57.5 Å². The maximum Gasteiger partial charge on any atom is 0.242 e. The van der Waals surface area contributed by atoms with E-state index in [0.29, 0.717) is 10.0 Å². The number of thioether (sulfide) groups is 1. The fraction of sp³-hybridized carbons (Fsp3) is 0.364. The maximum atomic E-state index is 13.0. The average molecular weight is 453 g/mol. The number of rotatable bonds is 8. The lowest BCUT2D eigenvalue weighted by molar-refractivity contribution is -0.138. The molecule has 0 radical (unpaired) electrons. The van der Waals surface area contributed by atoms with E-state index >= 15 is 0 Å². The van der Waals surface area contributed by atoms with Crippen molar-refractivity contribution in [1.82, 2.24) is 10.2 Å². The van der Waals surface area contributed by atoms with Crippen molar-refractivity contribution in [2.45, 2.75) is 51.2 Å². The average Bonchev–Trinajstić information content (AvgIpc) is 2.67. The van der Waals surface area contributed by atoms with Gasteiger partial charge in [0.05, 0.1) is 15.8 Å². The molecule has 0 aliphatic rings. The van der Waals surface area contributed by atoms with E-state index in [1.807, 2.05) is 51.1 Å². The lowest BCUT2D eigenvalue weighted by atomic mass is 10.1. The molecule has 0 heterocycles. The van der Waals surface area contributed by atoms with Gasteiger partial charge in [0.25, 0.3) is 0 Å². The molecular formula is C22H26Cl2N2O2S. The zero-order valence-corrected chi connectivity index (χ0v) is 19.4. The van der Waals surface area contributed by atoms with E-state index < -0.39 is 6.04 Å². The summed E-state index contributed by atoms with van der Waals surface area (Å²) in [6.07, 6.45) is 0. The van der Waals surface area contributed by atoms with Crippen LogP contribution in [0.3, 0.4) is 0 Å². The summed E-state index contributed by atoms with van der Waals surface area (Å²) < 4.78 is 0. The molecule has 2 rings (SSSR count). The lowest BCUT2D eigenvalue weighted by Crippen LogP contribution is -2.49. The minimum atomic E-state index is -0.613. The first-order valence-corrected chi connectivity index (χ1v) is 11.1. The normalized spacial score (nSPS) is 12.0. The van der Waals surface area contributed by atoms with Crippen LogP contribution >= 0.6 is 35.0 Å². The molecule has 0 aliphatic carbocycles. The quantitative estimate of drug-likeness (QED) is 0.550. The Morgan fingerprint density at radius 3 is 2.28 bits per heavy atom. The second-order valence-corrected chi connectivity index (χ2v) is 9.07. The molecule has 7 heteroatoms. The van der Waals surface area contributed by atoms with Gasteiger partial charge in [-0.3, -0.25) is 9.59 Å². The Balaban J connectivity index is 2.17. The van der Waals surface area contributed by atoms with Crippen molar-refractivity contribution in [2.24, 2.45) is 0 Å². The summed E-state index contributed by atoms with van der Waals surface area (Å²) in [5.74, 6) is -0.0641. The van der Waals surface area contributed by atoms with Crippen molar-refractivity contribution in [1.29, 1.82) is 0 Å². The Bertz CT molecular complexity index is 856. The highest BCUT2D eigenvalue weighted by Crippen LogP contribution is 2.25. The van der Waals surface area contributed by atoms with Crippen LogP contribution in [0.4, 0.5) is 0 Å². The standard InChI is InChI=1S/C22H26Cl2N2O2S/c1-14(2)25-22(28)16(4)26(12-17-7-10-19(23)20(24)11-17)21(27)13-29-18-8-5-15(3)6-9-18/h5-11,14,16H,12-13H2,1-4H3,(H,25,28)/t16-/m0/s1. The molecule has 2 aromatic rings. The number of benzene rings is 2. The lowest BCUT2D eigenvalue weighted by Gasteiger charge is -2.29. The number of carbonyl (C=O) groups excluding carboxylic acids is 2. The molecule has 0 saturated carbocycles. The number of amides is 2. The second-order valence-electron chi connectivity index (χ2n) is 7.21. The van der Waals surface area contributed by atoms with Gasteiger partial charge in [0.1, 0.15) is 6.04 Å². The smallest absolute Gasteiger partial charge is 0.242 e. The van der Waals surface area contributed by atoms with Crippen molar-refractivity contribution < 1.29 is 9.59 Å². The number of hydrogen-bond donors (Lipinski definition) is 1. The van der Waals surface area contributed by atoms with Crippen LogP contribution < -0.4 is 5.32 Å². The Kier molecular flexibility index (Phi) is 8.87. The first-order chi connectivity index (χ1) is 13.7. The van der Waals surface area contributed by atoms with Crippen molar-refractivity contribution in [3.63, 3.8) is 0 Å². The zero-order valence-electron chi connectivity index (χ0n) is 17.0. The summed E-state index contributed by atoms with van der Waals surface area (Å²) in [5, 5.41) is 3.75. The van der Waals surface area contributed by atoms with Gasteiger partial charge in [0.2, 0.25) is 11.8 Å². The number of carbonyl (C=O) groups is 2. The summed E-state index contributed by atoms with van der Waals surface area (Å²) in [5.41, 5.74) is 1.98. The van der Waals surface area contributed by atoms with E-state index in [1.165, 1.54) is 17.3 Å². The molecule has 0 aromatic heterocycles. The Morgan fingerprint density at radius 1 is 1.03 bits per heavy atom. The summed E-state index contributed by atoms with van der Waals surface area (Å²) >= 11 is 13.6. The monoisotopic (exact) mass is 452 g/mol. The molecule has 1 atom stereocenters. The van der Waals surface area contributed by atoms with Gasteiger partial charge in [0, 0.05) is 17.5 Å². The molecule has 2 amide bonds. The number of aryl methyl sites for hydroxylation is 1. The predicted octanol–water partition coefficient (Wildman–Crippen LogP) is 5.34. The van der Waals surface area contributed by atoms with Crippen LogP contribution in [0.1, 0.15) is 31.9 Å². The molecule has 2 aromatic carbocycles. The minimum absolute atomic E-state index is 0.00573. The van der Waals surface area contributed by atoms with Gasteiger partial charge >= 0.3 is 0 Å². The SMILES string of the molecule is Cc1ccc(SCC(=O)N(Cc2ccc(Cl)c(Cl)c2)[C@@H](C)C(=O)NC(C)C)cc1. The Labute approximate surface area is 187 Å². The molecule has 1 N–H and O–H groups in total. The highest BCUT2D eigenvalue weighted by atomic mass is 35.5. The Morgan fingerprint density at radius 2 is 1.69 bits per heavy atom. The minimum Gasteiger partial charge on any atom is -0.352 e. The molecule has 4 nitrogen and oxygen atoms in total. The van der Waals surface area contributed by atoms with Crippen LogP contribution in [0.2, 0.25) is 10.0 Å². The van der Waals surface area contributed by atoms with Crippen LogP contribution in [-0.2, 0) is 16.1 Å². The van der Waals surface area contributed by atoms with E-state index in [9.17, 15) is 9.59 Å².